The molecule has 0 heterocycles. The lowest BCUT2D eigenvalue weighted by atomic mass is 10.0. The molecule has 0 saturated heterocycles. The highest BCUT2D eigenvalue weighted by Crippen LogP contribution is 2.19. The van der Waals surface area contributed by atoms with Crippen LogP contribution in [0.2, 0.25) is 0 Å². The minimum atomic E-state index is -1.04. The summed E-state index contributed by atoms with van der Waals surface area (Å²) in [6.45, 7) is 0. The van der Waals surface area contributed by atoms with Crippen LogP contribution >= 0.6 is 0 Å². The molecule has 1 amide bonds. The van der Waals surface area contributed by atoms with Gasteiger partial charge < -0.3 is 14.8 Å². The Hall–Kier alpha value is -2.96. The van der Waals surface area contributed by atoms with Crippen LogP contribution in [0.3, 0.4) is 0 Å². The quantitative estimate of drug-likeness (QED) is 0.814. The molecule has 5 nitrogen and oxygen atoms in total. The van der Waals surface area contributed by atoms with E-state index in [1.165, 1.54) is 14.2 Å². The fraction of sp³-hybridized carbons (Fsp3) is 0.222. The van der Waals surface area contributed by atoms with Crippen LogP contribution in [0.1, 0.15) is 15.9 Å². The third kappa shape index (κ3) is 4.76. The van der Waals surface area contributed by atoms with Crippen molar-refractivity contribution in [3.8, 4) is 5.75 Å². The zero-order valence-electron chi connectivity index (χ0n) is 13.7. The average molecular weight is 349 g/mol. The van der Waals surface area contributed by atoms with Crippen LogP contribution in [0, 0.1) is 11.6 Å². The molecule has 0 aliphatic carbocycles. The highest BCUT2D eigenvalue weighted by atomic mass is 19.1. The number of carbonyl (C=O) groups is 2. The van der Waals surface area contributed by atoms with Crippen molar-refractivity contribution in [3.05, 3.63) is 65.2 Å². The van der Waals surface area contributed by atoms with Crippen molar-refractivity contribution in [1.82, 2.24) is 5.32 Å². The van der Waals surface area contributed by atoms with Gasteiger partial charge in [0.15, 0.2) is 0 Å². The lowest BCUT2D eigenvalue weighted by Gasteiger charge is -2.18. The summed E-state index contributed by atoms with van der Waals surface area (Å²) in [5.41, 5.74) is 0.442. The predicted octanol–water partition coefficient (Wildman–Crippen LogP) is 2.49. The van der Waals surface area contributed by atoms with E-state index in [1.807, 2.05) is 0 Å². The third-order valence-corrected chi connectivity index (χ3v) is 3.53. The molecule has 0 fully saturated rings. The van der Waals surface area contributed by atoms with E-state index in [-0.39, 0.29) is 12.0 Å². The smallest absolute Gasteiger partial charge is 0.328 e. The Morgan fingerprint density at radius 1 is 1.08 bits per heavy atom. The number of rotatable bonds is 6. The van der Waals surface area contributed by atoms with Crippen molar-refractivity contribution >= 4 is 11.9 Å². The molecule has 25 heavy (non-hydrogen) atoms. The SMILES string of the molecule is COC(=O)[C@@H](Cc1ccccc1OC)NC(=O)c1cc(F)cc(F)c1. The normalized spacial score (nSPS) is 11.5. The summed E-state index contributed by atoms with van der Waals surface area (Å²) in [6.07, 6.45) is 0.0974. The molecular weight excluding hydrogens is 332 g/mol. The van der Waals surface area contributed by atoms with Crippen molar-refractivity contribution in [2.24, 2.45) is 0 Å². The zero-order valence-corrected chi connectivity index (χ0v) is 13.7. The second-order valence-corrected chi connectivity index (χ2v) is 5.22. The van der Waals surface area contributed by atoms with Crippen LogP contribution in [0.5, 0.6) is 5.75 Å². The van der Waals surface area contributed by atoms with Crippen LogP contribution < -0.4 is 10.1 Å². The zero-order chi connectivity index (χ0) is 18.4. The van der Waals surface area contributed by atoms with E-state index in [0.29, 0.717) is 17.4 Å². The van der Waals surface area contributed by atoms with E-state index in [4.69, 9.17) is 9.47 Å². The number of carbonyl (C=O) groups excluding carboxylic acids is 2. The van der Waals surface area contributed by atoms with E-state index in [1.54, 1.807) is 24.3 Å². The van der Waals surface area contributed by atoms with E-state index in [2.05, 4.69) is 5.32 Å². The second kappa shape index (κ2) is 8.23. The molecule has 0 aromatic heterocycles. The first-order valence-corrected chi connectivity index (χ1v) is 7.41. The molecular formula is C18H17F2NO4. The maximum atomic E-state index is 13.3. The first-order chi connectivity index (χ1) is 11.9. The minimum Gasteiger partial charge on any atom is -0.496 e. The van der Waals surface area contributed by atoms with Gasteiger partial charge >= 0.3 is 5.97 Å². The number of ether oxygens (including phenoxy) is 2. The summed E-state index contributed by atoms with van der Waals surface area (Å²) < 4.78 is 36.5. The van der Waals surface area contributed by atoms with Gasteiger partial charge in [-0.25, -0.2) is 13.6 Å². The van der Waals surface area contributed by atoms with E-state index < -0.39 is 29.6 Å². The number of amides is 1. The average Bonchev–Trinajstić information content (AvgIpc) is 2.60. The summed E-state index contributed by atoms with van der Waals surface area (Å²) in [6, 6.07) is 8.37. The van der Waals surface area contributed by atoms with Crippen LogP contribution in [-0.4, -0.2) is 32.1 Å². The Morgan fingerprint density at radius 3 is 2.32 bits per heavy atom. The Balaban J connectivity index is 2.23. The number of halogens is 2. The topological polar surface area (TPSA) is 64.6 Å². The van der Waals surface area contributed by atoms with Crippen molar-refractivity contribution in [1.29, 1.82) is 0 Å². The fourth-order valence-corrected chi connectivity index (χ4v) is 2.35. The monoisotopic (exact) mass is 349 g/mol. The molecule has 0 aliphatic rings. The lowest BCUT2D eigenvalue weighted by Crippen LogP contribution is -2.43. The summed E-state index contributed by atoms with van der Waals surface area (Å²) in [4.78, 5) is 24.2. The van der Waals surface area contributed by atoms with Gasteiger partial charge in [0.05, 0.1) is 14.2 Å². The van der Waals surface area contributed by atoms with E-state index in [9.17, 15) is 18.4 Å². The molecule has 0 bridgehead atoms. The van der Waals surface area contributed by atoms with Crippen molar-refractivity contribution in [2.75, 3.05) is 14.2 Å². The molecule has 2 aromatic carbocycles. The van der Waals surface area contributed by atoms with Gasteiger partial charge in [0.25, 0.3) is 5.91 Å². The molecule has 1 N–H and O–H groups in total. The van der Waals surface area contributed by atoms with Gasteiger partial charge in [-0.15, -0.1) is 0 Å². The summed E-state index contributed by atoms with van der Waals surface area (Å²) >= 11 is 0. The highest BCUT2D eigenvalue weighted by molar-refractivity contribution is 5.96. The Labute approximate surface area is 143 Å². The van der Waals surface area contributed by atoms with Crippen LogP contribution in [0.4, 0.5) is 8.78 Å². The maximum absolute atomic E-state index is 13.3. The first kappa shape index (κ1) is 18.4. The van der Waals surface area contributed by atoms with Gasteiger partial charge in [-0.3, -0.25) is 4.79 Å². The van der Waals surface area contributed by atoms with Crippen molar-refractivity contribution < 1.29 is 27.8 Å². The number of hydrogen-bond acceptors (Lipinski definition) is 4. The van der Waals surface area contributed by atoms with Crippen molar-refractivity contribution in [2.45, 2.75) is 12.5 Å². The van der Waals surface area contributed by atoms with Gasteiger partial charge in [0, 0.05) is 18.1 Å². The predicted molar refractivity (Wildman–Crippen MR) is 86.3 cm³/mol. The van der Waals surface area contributed by atoms with Crippen LogP contribution in [-0.2, 0) is 16.0 Å². The summed E-state index contributed by atoms with van der Waals surface area (Å²) in [7, 11) is 2.67. The Kier molecular flexibility index (Phi) is 6.05. The molecule has 132 valence electrons. The maximum Gasteiger partial charge on any atom is 0.328 e. The highest BCUT2D eigenvalue weighted by Gasteiger charge is 2.24. The minimum absolute atomic E-state index is 0.0974. The molecule has 0 radical (unpaired) electrons. The number of hydrogen-bond donors (Lipinski definition) is 1. The lowest BCUT2D eigenvalue weighted by molar-refractivity contribution is -0.142. The molecule has 2 aromatic rings. The molecule has 0 aliphatic heterocycles. The Morgan fingerprint density at radius 2 is 1.72 bits per heavy atom. The third-order valence-electron chi connectivity index (χ3n) is 3.53. The standard InChI is InChI=1S/C18H17F2NO4/c1-24-16-6-4-3-5-11(16)9-15(18(23)25-2)21-17(22)12-7-13(19)10-14(20)8-12/h3-8,10,15H,9H2,1-2H3,(H,21,22)/t15-/m1/s1. The first-order valence-electron chi connectivity index (χ1n) is 7.41. The number of nitrogens with one attached hydrogen (secondary N) is 1. The summed E-state index contributed by atoms with van der Waals surface area (Å²) in [5, 5.41) is 2.44. The fourth-order valence-electron chi connectivity index (χ4n) is 2.35. The van der Waals surface area contributed by atoms with Crippen LogP contribution in [0.25, 0.3) is 0 Å². The summed E-state index contributed by atoms with van der Waals surface area (Å²) in [5.74, 6) is -2.70. The van der Waals surface area contributed by atoms with Gasteiger partial charge in [-0.05, 0) is 23.8 Å². The van der Waals surface area contributed by atoms with Gasteiger partial charge in [0.2, 0.25) is 0 Å². The second-order valence-electron chi connectivity index (χ2n) is 5.22. The van der Waals surface area contributed by atoms with Gasteiger partial charge in [-0.1, -0.05) is 18.2 Å². The number of benzene rings is 2. The molecule has 7 heteroatoms. The van der Waals surface area contributed by atoms with E-state index in [0.717, 1.165) is 12.1 Å². The number of methoxy groups -OCH3 is 2. The molecule has 0 spiro atoms. The van der Waals surface area contributed by atoms with Crippen LogP contribution in [0.15, 0.2) is 42.5 Å². The van der Waals surface area contributed by atoms with Gasteiger partial charge in [-0.2, -0.15) is 0 Å². The molecule has 0 unspecified atom stereocenters. The molecule has 2 rings (SSSR count). The number of para-hydroxylation sites is 1. The van der Waals surface area contributed by atoms with Crippen molar-refractivity contribution in [3.63, 3.8) is 0 Å². The molecule has 0 saturated carbocycles. The Bertz CT molecular complexity index is 759. The molecule has 1 atom stereocenters. The largest absolute Gasteiger partial charge is 0.496 e. The van der Waals surface area contributed by atoms with E-state index >= 15 is 0 Å². The number of esters is 1. The van der Waals surface area contributed by atoms with Gasteiger partial charge in [0.1, 0.15) is 23.4 Å².